The van der Waals surface area contributed by atoms with Gasteiger partial charge in [0.25, 0.3) is 0 Å². The molecule has 1 amide bonds. The molecule has 3 rings (SSSR count). The highest BCUT2D eigenvalue weighted by molar-refractivity contribution is 5.85. The molecule has 1 aromatic rings. The first-order valence-electron chi connectivity index (χ1n) is 7.74. The van der Waals surface area contributed by atoms with Crippen LogP contribution in [0.15, 0.2) is 24.3 Å². The molecule has 2 fully saturated rings. The van der Waals surface area contributed by atoms with E-state index in [0.29, 0.717) is 18.4 Å². The van der Waals surface area contributed by atoms with Gasteiger partial charge in [-0.2, -0.15) is 0 Å². The lowest BCUT2D eigenvalue weighted by Crippen LogP contribution is -2.45. The zero-order chi connectivity index (χ0) is 14.1. The molecule has 0 heterocycles. The van der Waals surface area contributed by atoms with Crippen LogP contribution < -0.4 is 11.1 Å². The van der Waals surface area contributed by atoms with Crippen LogP contribution in [0.2, 0.25) is 0 Å². The van der Waals surface area contributed by atoms with Crippen molar-refractivity contribution >= 4 is 18.3 Å². The Morgan fingerprint density at radius 3 is 2.52 bits per heavy atom. The molecule has 3 nitrogen and oxygen atoms in total. The van der Waals surface area contributed by atoms with Crippen LogP contribution in [0.5, 0.6) is 0 Å². The molecule has 2 saturated carbocycles. The van der Waals surface area contributed by atoms with E-state index in [4.69, 9.17) is 5.73 Å². The molecule has 0 radical (unpaired) electrons. The summed E-state index contributed by atoms with van der Waals surface area (Å²) in [5.74, 6) is 1.37. The van der Waals surface area contributed by atoms with E-state index in [0.717, 1.165) is 12.8 Å². The minimum atomic E-state index is 0. The number of halogens is 1. The van der Waals surface area contributed by atoms with E-state index >= 15 is 0 Å². The molecule has 4 atom stereocenters. The van der Waals surface area contributed by atoms with E-state index in [-0.39, 0.29) is 30.3 Å². The molecule has 1 aromatic carbocycles. The van der Waals surface area contributed by atoms with E-state index in [2.05, 4.69) is 36.5 Å². The van der Waals surface area contributed by atoms with Gasteiger partial charge in [-0.1, -0.05) is 29.8 Å². The Hall–Kier alpha value is -1.06. The van der Waals surface area contributed by atoms with Crippen molar-refractivity contribution in [2.45, 2.75) is 38.6 Å². The SMILES string of the molecule is Cc1ccc(CCNC(=O)C2C3CCC(C3)C2N)cc1.Cl. The van der Waals surface area contributed by atoms with Crippen LogP contribution in [0, 0.1) is 24.7 Å². The predicted octanol–water partition coefficient (Wildman–Crippen LogP) is 2.45. The number of hydrogen-bond acceptors (Lipinski definition) is 2. The third-order valence-corrected chi connectivity index (χ3v) is 5.12. The van der Waals surface area contributed by atoms with Crippen LogP contribution in [0.4, 0.5) is 0 Å². The number of aryl methyl sites for hydroxylation is 1. The molecule has 21 heavy (non-hydrogen) atoms. The zero-order valence-electron chi connectivity index (χ0n) is 12.5. The number of carbonyl (C=O) groups excluding carboxylic acids is 1. The Morgan fingerprint density at radius 1 is 1.24 bits per heavy atom. The molecular formula is C17H25ClN2O. The standard InChI is InChI=1S/C17H24N2O.ClH/c1-11-2-4-12(5-3-11)8-9-19-17(20)15-13-6-7-14(10-13)16(15)18;/h2-5,13-16H,6-10,18H2,1H3,(H,19,20);1H. The van der Waals surface area contributed by atoms with Gasteiger partial charge in [-0.25, -0.2) is 0 Å². The van der Waals surface area contributed by atoms with Crippen molar-refractivity contribution in [1.82, 2.24) is 5.32 Å². The van der Waals surface area contributed by atoms with Crippen LogP contribution in [0.1, 0.15) is 30.4 Å². The van der Waals surface area contributed by atoms with Crippen molar-refractivity contribution in [2.75, 3.05) is 6.54 Å². The molecule has 0 saturated heterocycles. The number of rotatable bonds is 4. The van der Waals surface area contributed by atoms with Crippen LogP contribution in [-0.4, -0.2) is 18.5 Å². The number of nitrogens with one attached hydrogen (secondary N) is 1. The average molecular weight is 309 g/mol. The van der Waals surface area contributed by atoms with Crippen molar-refractivity contribution in [3.63, 3.8) is 0 Å². The lowest BCUT2D eigenvalue weighted by molar-refractivity contribution is -0.127. The van der Waals surface area contributed by atoms with Gasteiger partial charge in [-0.15, -0.1) is 12.4 Å². The van der Waals surface area contributed by atoms with E-state index in [1.165, 1.54) is 24.0 Å². The number of hydrogen-bond donors (Lipinski definition) is 2. The fourth-order valence-corrected chi connectivity index (χ4v) is 3.93. The Labute approximate surface area is 133 Å². The number of amides is 1. The molecule has 0 aromatic heterocycles. The largest absolute Gasteiger partial charge is 0.355 e. The van der Waals surface area contributed by atoms with Gasteiger partial charge in [-0.3, -0.25) is 4.79 Å². The number of fused-ring (bicyclic) bond motifs is 2. The second-order valence-corrected chi connectivity index (χ2v) is 6.46. The van der Waals surface area contributed by atoms with Gasteiger partial charge < -0.3 is 11.1 Å². The molecule has 4 unspecified atom stereocenters. The van der Waals surface area contributed by atoms with Crippen LogP contribution >= 0.6 is 12.4 Å². The number of benzene rings is 1. The summed E-state index contributed by atoms with van der Waals surface area (Å²) in [5.41, 5.74) is 8.74. The summed E-state index contributed by atoms with van der Waals surface area (Å²) >= 11 is 0. The highest BCUT2D eigenvalue weighted by Crippen LogP contribution is 2.47. The maximum atomic E-state index is 12.3. The first kappa shape index (κ1) is 16.3. The number of carbonyl (C=O) groups is 1. The summed E-state index contributed by atoms with van der Waals surface area (Å²) in [6, 6.07) is 8.58. The Bertz CT molecular complexity index is 486. The Morgan fingerprint density at radius 2 is 1.90 bits per heavy atom. The Kier molecular flexibility index (Phi) is 5.28. The van der Waals surface area contributed by atoms with Crippen LogP contribution in [0.25, 0.3) is 0 Å². The van der Waals surface area contributed by atoms with Gasteiger partial charge in [0.05, 0.1) is 5.92 Å². The predicted molar refractivity (Wildman–Crippen MR) is 87.4 cm³/mol. The third kappa shape index (κ3) is 3.41. The molecule has 3 N–H and O–H groups in total. The van der Waals surface area contributed by atoms with E-state index in [9.17, 15) is 4.79 Å². The topological polar surface area (TPSA) is 55.1 Å². The molecule has 2 aliphatic rings. The molecule has 4 heteroatoms. The van der Waals surface area contributed by atoms with E-state index in [1.807, 2.05) is 0 Å². The highest BCUT2D eigenvalue weighted by Gasteiger charge is 2.48. The molecule has 2 bridgehead atoms. The van der Waals surface area contributed by atoms with Crippen molar-refractivity contribution < 1.29 is 4.79 Å². The van der Waals surface area contributed by atoms with E-state index in [1.54, 1.807) is 0 Å². The Balaban J connectivity index is 0.00000161. The van der Waals surface area contributed by atoms with Gasteiger partial charge in [0.2, 0.25) is 5.91 Å². The fourth-order valence-electron chi connectivity index (χ4n) is 3.93. The quantitative estimate of drug-likeness (QED) is 0.897. The van der Waals surface area contributed by atoms with Gasteiger partial charge in [0.1, 0.15) is 0 Å². The smallest absolute Gasteiger partial charge is 0.224 e. The summed E-state index contributed by atoms with van der Waals surface area (Å²) < 4.78 is 0. The van der Waals surface area contributed by atoms with E-state index < -0.39 is 0 Å². The second-order valence-electron chi connectivity index (χ2n) is 6.46. The molecular weight excluding hydrogens is 284 g/mol. The lowest BCUT2D eigenvalue weighted by atomic mass is 9.84. The third-order valence-electron chi connectivity index (χ3n) is 5.12. The first-order valence-corrected chi connectivity index (χ1v) is 7.74. The average Bonchev–Trinajstić information content (AvgIpc) is 3.01. The van der Waals surface area contributed by atoms with Crippen LogP contribution in [-0.2, 0) is 11.2 Å². The summed E-state index contributed by atoms with van der Waals surface area (Å²) in [6.07, 6.45) is 4.46. The van der Waals surface area contributed by atoms with Crippen molar-refractivity contribution in [3.05, 3.63) is 35.4 Å². The molecule has 0 spiro atoms. The summed E-state index contributed by atoms with van der Waals surface area (Å²) in [7, 11) is 0. The first-order chi connectivity index (χ1) is 9.65. The number of nitrogens with two attached hydrogens (primary N) is 1. The molecule has 2 aliphatic carbocycles. The minimum absolute atomic E-state index is 0. The summed E-state index contributed by atoms with van der Waals surface area (Å²) in [4.78, 5) is 12.3. The summed E-state index contributed by atoms with van der Waals surface area (Å²) in [5, 5.41) is 3.08. The second kappa shape index (κ2) is 6.80. The fraction of sp³-hybridized carbons (Fsp3) is 0.588. The molecule has 116 valence electrons. The highest BCUT2D eigenvalue weighted by atomic mass is 35.5. The lowest BCUT2D eigenvalue weighted by Gasteiger charge is -2.27. The van der Waals surface area contributed by atoms with Crippen molar-refractivity contribution in [1.29, 1.82) is 0 Å². The monoisotopic (exact) mass is 308 g/mol. The summed E-state index contributed by atoms with van der Waals surface area (Å²) in [6.45, 7) is 2.80. The molecule has 0 aliphatic heterocycles. The van der Waals surface area contributed by atoms with Crippen LogP contribution in [0.3, 0.4) is 0 Å². The maximum Gasteiger partial charge on any atom is 0.224 e. The maximum absolute atomic E-state index is 12.3. The van der Waals surface area contributed by atoms with Gasteiger partial charge in [0.15, 0.2) is 0 Å². The van der Waals surface area contributed by atoms with Crippen molar-refractivity contribution in [2.24, 2.45) is 23.5 Å². The van der Waals surface area contributed by atoms with Crippen molar-refractivity contribution in [3.8, 4) is 0 Å². The van der Waals surface area contributed by atoms with Gasteiger partial charge in [0, 0.05) is 12.6 Å². The minimum Gasteiger partial charge on any atom is -0.355 e. The normalized spacial score (nSPS) is 30.0. The van der Waals surface area contributed by atoms with Gasteiger partial charge >= 0.3 is 0 Å². The van der Waals surface area contributed by atoms with Gasteiger partial charge in [-0.05, 0) is 50.0 Å². The zero-order valence-corrected chi connectivity index (χ0v) is 13.4.